The van der Waals surface area contributed by atoms with Crippen LogP contribution in [0.3, 0.4) is 0 Å². The maximum atomic E-state index is 12.5. The predicted molar refractivity (Wildman–Crippen MR) is 103 cm³/mol. The van der Waals surface area contributed by atoms with Crippen molar-refractivity contribution in [2.45, 2.75) is 4.90 Å². The molecule has 2 N–H and O–H groups in total. The molecule has 7 nitrogen and oxygen atoms in total. The first-order chi connectivity index (χ1) is 12.8. The minimum atomic E-state index is -3.57. The van der Waals surface area contributed by atoms with Gasteiger partial charge in [0, 0.05) is 19.7 Å². The van der Waals surface area contributed by atoms with Crippen LogP contribution in [0, 0.1) is 12.3 Å². The summed E-state index contributed by atoms with van der Waals surface area (Å²) in [5, 5.41) is 5.19. The molecule has 8 heteroatoms. The van der Waals surface area contributed by atoms with E-state index in [0.717, 1.165) is 4.31 Å². The Morgan fingerprint density at radius 3 is 2.26 bits per heavy atom. The molecule has 0 atom stereocenters. The summed E-state index contributed by atoms with van der Waals surface area (Å²) in [5.74, 6) is 1.43. The van der Waals surface area contributed by atoms with Gasteiger partial charge in [-0.3, -0.25) is 9.59 Å². The van der Waals surface area contributed by atoms with Gasteiger partial charge in [0.25, 0.3) is 11.8 Å². The van der Waals surface area contributed by atoms with E-state index in [2.05, 4.69) is 16.6 Å². The van der Waals surface area contributed by atoms with E-state index in [-0.39, 0.29) is 22.6 Å². The topological polar surface area (TPSA) is 95.6 Å². The van der Waals surface area contributed by atoms with Crippen LogP contribution in [0.4, 0.5) is 5.69 Å². The van der Waals surface area contributed by atoms with Crippen molar-refractivity contribution >= 4 is 27.5 Å². The molecule has 0 aliphatic heterocycles. The average molecular weight is 385 g/mol. The van der Waals surface area contributed by atoms with Crippen molar-refractivity contribution in [2.24, 2.45) is 0 Å². The summed E-state index contributed by atoms with van der Waals surface area (Å²) >= 11 is 0. The first kappa shape index (κ1) is 20.2. The minimum absolute atomic E-state index is 0.0723. The van der Waals surface area contributed by atoms with Gasteiger partial charge in [-0.05, 0) is 36.4 Å². The number of nitrogens with one attached hydrogen (secondary N) is 2. The second kappa shape index (κ2) is 8.49. The quantitative estimate of drug-likeness (QED) is 0.738. The lowest BCUT2D eigenvalue weighted by Crippen LogP contribution is -2.25. The fourth-order valence-electron chi connectivity index (χ4n) is 2.20. The minimum Gasteiger partial charge on any atom is -0.341 e. The highest BCUT2D eigenvalue weighted by molar-refractivity contribution is 7.89. The van der Waals surface area contributed by atoms with E-state index in [9.17, 15) is 18.0 Å². The van der Waals surface area contributed by atoms with Gasteiger partial charge >= 0.3 is 0 Å². The number of rotatable bonds is 6. The maximum Gasteiger partial charge on any atom is 0.255 e. The number of para-hydroxylation sites is 1. The molecule has 27 heavy (non-hydrogen) atoms. The molecule has 0 radical (unpaired) electrons. The van der Waals surface area contributed by atoms with Crippen LogP contribution in [0.25, 0.3) is 0 Å². The van der Waals surface area contributed by atoms with Gasteiger partial charge in [-0.15, -0.1) is 6.42 Å². The Balaban J connectivity index is 2.21. The summed E-state index contributed by atoms with van der Waals surface area (Å²) in [6.07, 6.45) is 5.13. The molecule has 2 aromatic carbocycles. The van der Waals surface area contributed by atoms with E-state index in [1.54, 1.807) is 24.3 Å². The largest absolute Gasteiger partial charge is 0.341 e. The summed E-state index contributed by atoms with van der Waals surface area (Å²) in [6, 6.07) is 12.0. The monoisotopic (exact) mass is 385 g/mol. The van der Waals surface area contributed by atoms with Crippen LogP contribution < -0.4 is 10.6 Å². The van der Waals surface area contributed by atoms with Gasteiger partial charge < -0.3 is 10.6 Å². The summed E-state index contributed by atoms with van der Waals surface area (Å²) in [4.78, 5) is 24.7. The molecule has 0 aliphatic carbocycles. The summed E-state index contributed by atoms with van der Waals surface area (Å²) in [6.45, 7) is 0.0723. The zero-order valence-corrected chi connectivity index (χ0v) is 15.7. The molecular weight excluding hydrogens is 366 g/mol. The Bertz CT molecular complexity index is 990. The number of anilines is 1. The van der Waals surface area contributed by atoms with Crippen LogP contribution in [0.2, 0.25) is 0 Å². The Morgan fingerprint density at radius 1 is 1.04 bits per heavy atom. The molecule has 0 saturated heterocycles. The number of benzene rings is 2. The standard InChI is InChI=1S/C19H19N3O4S/c1-4-13-20-19(24)16-7-5-6-8-17(16)21-18(23)14-9-11-15(12-10-14)27(25,26)22(2)3/h1,5-12H,13H2,2-3H3,(H,20,24)(H,21,23). The van der Waals surface area contributed by atoms with Gasteiger partial charge in [0.15, 0.2) is 0 Å². The third-order valence-corrected chi connectivity index (χ3v) is 5.50. The number of nitrogens with zero attached hydrogens (tertiary/aromatic N) is 1. The second-order valence-corrected chi connectivity index (χ2v) is 7.85. The average Bonchev–Trinajstić information content (AvgIpc) is 2.66. The van der Waals surface area contributed by atoms with Crippen LogP contribution in [-0.2, 0) is 10.0 Å². The third-order valence-electron chi connectivity index (χ3n) is 3.67. The van der Waals surface area contributed by atoms with Crippen molar-refractivity contribution in [1.82, 2.24) is 9.62 Å². The van der Waals surface area contributed by atoms with Crippen molar-refractivity contribution in [2.75, 3.05) is 26.0 Å². The highest BCUT2D eigenvalue weighted by atomic mass is 32.2. The molecule has 0 saturated carbocycles. The third kappa shape index (κ3) is 4.73. The number of terminal acetylenes is 1. The molecule has 140 valence electrons. The molecule has 0 bridgehead atoms. The van der Waals surface area contributed by atoms with Gasteiger partial charge in [-0.2, -0.15) is 0 Å². The number of hydrogen-bond acceptors (Lipinski definition) is 4. The van der Waals surface area contributed by atoms with E-state index in [0.29, 0.717) is 5.69 Å². The van der Waals surface area contributed by atoms with Crippen LogP contribution in [0.5, 0.6) is 0 Å². The van der Waals surface area contributed by atoms with E-state index >= 15 is 0 Å². The molecule has 0 spiro atoms. The fraction of sp³-hybridized carbons (Fsp3) is 0.158. The first-order valence-electron chi connectivity index (χ1n) is 7.92. The van der Waals surface area contributed by atoms with Gasteiger partial charge in [-0.1, -0.05) is 18.1 Å². The molecular formula is C19H19N3O4S. The van der Waals surface area contributed by atoms with E-state index in [1.807, 2.05) is 0 Å². The molecule has 0 heterocycles. The van der Waals surface area contributed by atoms with Gasteiger partial charge in [0.05, 0.1) is 22.7 Å². The van der Waals surface area contributed by atoms with Crippen molar-refractivity contribution in [3.63, 3.8) is 0 Å². The lowest BCUT2D eigenvalue weighted by Gasteiger charge is -2.12. The highest BCUT2D eigenvalue weighted by Crippen LogP contribution is 2.18. The molecule has 0 fully saturated rings. The van der Waals surface area contributed by atoms with Crippen molar-refractivity contribution < 1.29 is 18.0 Å². The summed E-state index contributed by atoms with van der Waals surface area (Å²) in [5.41, 5.74) is 0.849. The van der Waals surface area contributed by atoms with E-state index in [4.69, 9.17) is 6.42 Å². The highest BCUT2D eigenvalue weighted by Gasteiger charge is 2.18. The number of carbonyl (C=O) groups is 2. The van der Waals surface area contributed by atoms with E-state index < -0.39 is 21.8 Å². The van der Waals surface area contributed by atoms with Crippen LogP contribution >= 0.6 is 0 Å². The Labute approximate surface area is 158 Å². The second-order valence-electron chi connectivity index (χ2n) is 5.70. The normalized spacial score (nSPS) is 10.9. The van der Waals surface area contributed by atoms with Crippen LogP contribution in [0.15, 0.2) is 53.4 Å². The van der Waals surface area contributed by atoms with Gasteiger partial charge in [0.2, 0.25) is 10.0 Å². The number of sulfonamides is 1. The molecule has 0 aromatic heterocycles. The van der Waals surface area contributed by atoms with E-state index in [1.165, 1.54) is 38.4 Å². The fourth-order valence-corrected chi connectivity index (χ4v) is 3.10. The lowest BCUT2D eigenvalue weighted by molar-refractivity contribution is 0.0959. The smallest absolute Gasteiger partial charge is 0.255 e. The predicted octanol–water partition coefficient (Wildman–Crippen LogP) is 1.55. The molecule has 0 unspecified atom stereocenters. The number of amides is 2. The van der Waals surface area contributed by atoms with Crippen molar-refractivity contribution in [3.8, 4) is 12.3 Å². The number of carbonyl (C=O) groups excluding carboxylic acids is 2. The summed E-state index contributed by atoms with van der Waals surface area (Å²) < 4.78 is 25.2. The van der Waals surface area contributed by atoms with Gasteiger partial charge in [0.1, 0.15) is 0 Å². The number of hydrogen-bond donors (Lipinski definition) is 2. The maximum absolute atomic E-state index is 12.5. The van der Waals surface area contributed by atoms with Crippen molar-refractivity contribution in [3.05, 3.63) is 59.7 Å². The van der Waals surface area contributed by atoms with Crippen LogP contribution in [-0.4, -0.2) is 45.2 Å². The zero-order chi connectivity index (χ0) is 20.0. The summed E-state index contributed by atoms with van der Waals surface area (Å²) in [7, 11) is -0.715. The molecule has 2 aromatic rings. The Kier molecular flexibility index (Phi) is 6.34. The molecule has 2 amide bonds. The molecule has 0 aliphatic rings. The Morgan fingerprint density at radius 2 is 1.67 bits per heavy atom. The van der Waals surface area contributed by atoms with Gasteiger partial charge in [-0.25, -0.2) is 12.7 Å². The SMILES string of the molecule is C#CCNC(=O)c1ccccc1NC(=O)c1ccc(S(=O)(=O)N(C)C)cc1. The Hall–Kier alpha value is -3.15. The van der Waals surface area contributed by atoms with Crippen molar-refractivity contribution in [1.29, 1.82) is 0 Å². The molecule has 2 rings (SSSR count). The zero-order valence-electron chi connectivity index (χ0n) is 14.9. The first-order valence-corrected chi connectivity index (χ1v) is 9.36. The van der Waals surface area contributed by atoms with Crippen LogP contribution in [0.1, 0.15) is 20.7 Å². The lowest BCUT2D eigenvalue weighted by atomic mass is 10.1.